The van der Waals surface area contributed by atoms with E-state index >= 15 is 0 Å². The summed E-state index contributed by atoms with van der Waals surface area (Å²) in [5.41, 5.74) is 3.85. The maximum absolute atomic E-state index is 12.7. The van der Waals surface area contributed by atoms with E-state index in [0.29, 0.717) is 42.8 Å². The lowest BCUT2D eigenvalue weighted by molar-refractivity contribution is -0.384. The van der Waals surface area contributed by atoms with Gasteiger partial charge < -0.3 is 14.1 Å². The number of esters is 1. The van der Waals surface area contributed by atoms with Crippen LogP contribution in [0.1, 0.15) is 36.0 Å². The molecule has 2 aromatic carbocycles. The summed E-state index contributed by atoms with van der Waals surface area (Å²) in [6.07, 6.45) is 4.18. The number of hydrogen-bond donors (Lipinski definition) is 0. The molecule has 2 heterocycles. The van der Waals surface area contributed by atoms with Crippen molar-refractivity contribution in [1.29, 1.82) is 0 Å². The molecule has 0 unspecified atom stereocenters. The smallest absolute Gasteiger partial charge is 0.336 e. The molecule has 1 aliphatic heterocycles. The quantitative estimate of drug-likeness (QED) is 0.250. The Morgan fingerprint density at radius 2 is 1.85 bits per heavy atom. The Morgan fingerprint density at radius 1 is 1.12 bits per heavy atom. The van der Waals surface area contributed by atoms with Crippen LogP contribution in [0.5, 0.6) is 0 Å². The molecular formula is C25H24N2O6. The van der Waals surface area contributed by atoms with E-state index in [2.05, 4.69) is 6.07 Å². The fraction of sp³-hybridized carbons (Fsp3) is 0.360. The molecule has 3 aromatic rings. The molecule has 0 radical (unpaired) electrons. The van der Waals surface area contributed by atoms with E-state index in [4.69, 9.17) is 9.15 Å². The zero-order chi connectivity index (χ0) is 22.9. The van der Waals surface area contributed by atoms with Crippen LogP contribution in [-0.4, -0.2) is 24.0 Å². The number of nitrogens with zero attached hydrogens (tertiary/aromatic N) is 2. The average molecular weight is 448 g/mol. The molecule has 0 spiro atoms. The monoisotopic (exact) mass is 448 g/mol. The van der Waals surface area contributed by atoms with Crippen LogP contribution >= 0.6 is 0 Å². The third-order valence-electron chi connectivity index (χ3n) is 6.66. The van der Waals surface area contributed by atoms with Crippen LogP contribution in [0.4, 0.5) is 11.4 Å². The highest BCUT2D eigenvalue weighted by molar-refractivity contribution is 5.82. The number of carbonyl (C=O) groups excluding carboxylic acids is 1. The van der Waals surface area contributed by atoms with E-state index in [-0.39, 0.29) is 29.1 Å². The van der Waals surface area contributed by atoms with Gasteiger partial charge in [0, 0.05) is 36.2 Å². The van der Waals surface area contributed by atoms with Crippen LogP contribution in [-0.2, 0) is 29.0 Å². The van der Waals surface area contributed by atoms with Crippen molar-refractivity contribution in [3.8, 4) is 0 Å². The second-order valence-electron chi connectivity index (χ2n) is 8.68. The first-order valence-corrected chi connectivity index (χ1v) is 11.2. The maximum atomic E-state index is 12.7. The number of nitro benzene ring substituents is 1. The van der Waals surface area contributed by atoms with Crippen molar-refractivity contribution in [1.82, 2.24) is 0 Å². The van der Waals surface area contributed by atoms with Gasteiger partial charge in [0.05, 0.1) is 10.8 Å². The lowest BCUT2D eigenvalue weighted by Crippen LogP contribution is -2.37. The zero-order valence-electron chi connectivity index (χ0n) is 18.1. The van der Waals surface area contributed by atoms with Gasteiger partial charge in [-0.2, -0.15) is 0 Å². The molecule has 1 fully saturated rings. The van der Waals surface area contributed by atoms with Gasteiger partial charge in [-0.25, -0.2) is 4.79 Å². The SMILES string of the molecule is O=C(OCc1cc(=O)oc2cc3c(cc12)CCC3)C1CCN(c2ccccc2[N+](=O)[O-])CC1. The molecule has 8 nitrogen and oxygen atoms in total. The molecule has 5 rings (SSSR count). The van der Waals surface area contributed by atoms with Crippen molar-refractivity contribution in [3.63, 3.8) is 0 Å². The topological polar surface area (TPSA) is 103 Å². The van der Waals surface area contributed by atoms with Gasteiger partial charge in [0.15, 0.2) is 0 Å². The van der Waals surface area contributed by atoms with E-state index in [1.165, 1.54) is 23.3 Å². The summed E-state index contributed by atoms with van der Waals surface area (Å²) in [5, 5.41) is 12.1. The number of nitro groups is 1. The number of para-hydroxylation sites is 2. The number of ether oxygens (including phenoxy) is 1. The Bertz CT molecular complexity index is 1290. The molecule has 2 aliphatic rings. The molecule has 0 atom stereocenters. The number of rotatable bonds is 5. The second-order valence-corrected chi connectivity index (χ2v) is 8.68. The third-order valence-corrected chi connectivity index (χ3v) is 6.66. The van der Waals surface area contributed by atoms with Gasteiger partial charge in [0.25, 0.3) is 5.69 Å². The van der Waals surface area contributed by atoms with Crippen molar-refractivity contribution in [2.75, 3.05) is 18.0 Å². The van der Waals surface area contributed by atoms with Crippen molar-refractivity contribution >= 4 is 28.3 Å². The Kier molecular flexibility index (Phi) is 5.58. The highest BCUT2D eigenvalue weighted by Crippen LogP contribution is 2.32. The van der Waals surface area contributed by atoms with Crippen LogP contribution in [0.2, 0.25) is 0 Å². The van der Waals surface area contributed by atoms with Crippen molar-refractivity contribution in [3.05, 3.63) is 79.7 Å². The molecule has 1 saturated heterocycles. The minimum absolute atomic E-state index is 0.0179. The molecule has 0 N–H and O–H groups in total. The van der Waals surface area contributed by atoms with Crippen molar-refractivity contribution in [2.45, 2.75) is 38.7 Å². The summed E-state index contributed by atoms with van der Waals surface area (Å²) in [6, 6.07) is 12.0. The number of carbonyl (C=O) groups is 1. The second kappa shape index (κ2) is 8.69. The highest BCUT2D eigenvalue weighted by atomic mass is 16.6. The predicted molar refractivity (Wildman–Crippen MR) is 122 cm³/mol. The summed E-state index contributed by atoms with van der Waals surface area (Å²) in [6.45, 7) is 1.09. The van der Waals surface area contributed by atoms with Crippen molar-refractivity contribution < 1.29 is 18.9 Å². The lowest BCUT2D eigenvalue weighted by atomic mass is 9.96. The largest absolute Gasteiger partial charge is 0.461 e. The maximum Gasteiger partial charge on any atom is 0.336 e. The Balaban J connectivity index is 1.25. The molecular weight excluding hydrogens is 424 g/mol. The van der Waals surface area contributed by atoms with E-state index in [9.17, 15) is 19.7 Å². The molecule has 0 amide bonds. The Hall–Kier alpha value is -3.68. The minimum atomic E-state index is -0.454. The Morgan fingerprint density at radius 3 is 2.61 bits per heavy atom. The first kappa shape index (κ1) is 21.2. The number of anilines is 1. The third kappa shape index (κ3) is 4.20. The first-order chi connectivity index (χ1) is 16.0. The number of hydrogen-bond acceptors (Lipinski definition) is 7. The molecule has 1 aromatic heterocycles. The fourth-order valence-electron chi connectivity index (χ4n) is 4.92. The van der Waals surface area contributed by atoms with Crippen molar-refractivity contribution in [2.24, 2.45) is 5.92 Å². The van der Waals surface area contributed by atoms with Gasteiger partial charge in [-0.1, -0.05) is 12.1 Å². The van der Waals surface area contributed by atoms with Gasteiger partial charge in [0.2, 0.25) is 0 Å². The first-order valence-electron chi connectivity index (χ1n) is 11.2. The standard InChI is InChI=1S/C25H24N2O6/c28-24-14-19(20-12-17-4-3-5-18(17)13-23(20)33-24)15-32-25(29)16-8-10-26(11-9-16)21-6-1-2-7-22(21)27(30)31/h1-2,6-7,12-14,16H,3-5,8-11,15H2. The van der Waals surface area contributed by atoms with E-state index in [1.54, 1.807) is 18.2 Å². The molecule has 0 saturated carbocycles. The lowest BCUT2D eigenvalue weighted by Gasteiger charge is -2.32. The van der Waals surface area contributed by atoms with Gasteiger partial charge in [-0.05, 0) is 61.4 Å². The van der Waals surface area contributed by atoms with Crippen LogP contribution in [0, 0.1) is 16.0 Å². The van der Waals surface area contributed by atoms with Gasteiger partial charge in [-0.3, -0.25) is 14.9 Å². The number of fused-ring (bicyclic) bond motifs is 2. The normalized spacial score (nSPS) is 16.1. The summed E-state index contributed by atoms with van der Waals surface area (Å²) < 4.78 is 11.0. The van der Waals surface area contributed by atoms with Gasteiger partial charge in [-0.15, -0.1) is 0 Å². The minimum Gasteiger partial charge on any atom is -0.461 e. The fourth-order valence-corrected chi connectivity index (χ4v) is 4.92. The van der Waals surface area contributed by atoms with E-state index < -0.39 is 5.63 Å². The summed E-state index contributed by atoms with van der Waals surface area (Å²) >= 11 is 0. The number of aryl methyl sites for hydroxylation is 2. The van der Waals surface area contributed by atoms with E-state index in [0.717, 1.165) is 24.6 Å². The summed E-state index contributed by atoms with van der Waals surface area (Å²) in [7, 11) is 0. The van der Waals surface area contributed by atoms with E-state index in [1.807, 2.05) is 11.0 Å². The van der Waals surface area contributed by atoms with Crippen LogP contribution in [0.15, 0.2) is 51.7 Å². The van der Waals surface area contributed by atoms with Crippen LogP contribution in [0.3, 0.4) is 0 Å². The molecule has 0 bridgehead atoms. The molecule has 8 heteroatoms. The Labute approximate surface area is 189 Å². The van der Waals surface area contributed by atoms with Gasteiger partial charge in [0.1, 0.15) is 17.9 Å². The van der Waals surface area contributed by atoms with Gasteiger partial charge >= 0.3 is 11.6 Å². The highest BCUT2D eigenvalue weighted by Gasteiger charge is 2.29. The molecule has 170 valence electrons. The summed E-state index contributed by atoms with van der Waals surface area (Å²) in [5.74, 6) is -0.584. The van der Waals surface area contributed by atoms with Crippen LogP contribution in [0.25, 0.3) is 11.0 Å². The number of piperidine rings is 1. The zero-order valence-corrected chi connectivity index (χ0v) is 18.1. The van der Waals surface area contributed by atoms with Crippen LogP contribution < -0.4 is 10.5 Å². The molecule has 33 heavy (non-hydrogen) atoms. The summed E-state index contributed by atoms with van der Waals surface area (Å²) in [4.78, 5) is 37.7. The molecule has 1 aliphatic carbocycles. The number of benzene rings is 2. The predicted octanol–water partition coefficient (Wildman–Crippen LogP) is 4.15. The average Bonchev–Trinajstić information content (AvgIpc) is 3.28.